The third kappa shape index (κ3) is 5.43. The zero-order valence-corrected chi connectivity index (χ0v) is 19.7. The highest BCUT2D eigenvalue weighted by atomic mass is 19.4. The maximum Gasteiger partial charge on any atom is 0.416 e. The molecule has 5 nitrogen and oxygen atoms in total. The number of benzene rings is 3. The molecule has 0 spiro atoms. The third-order valence-corrected chi connectivity index (χ3v) is 6.12. The molecule has 1 amide bonds. The van der Waals surface area contributed by atoms with Crippen LogP contribution in [-0.4, -0.2) is 23.3 Å². The summed E-state index contributed by atoms with van der Waals surface area (Å²) in [5.41, 5.74) is 3.79. The third-order valence-electron chi connectivity index (χ3n) is 6.12. The molecule has 4 rings (SSSR count). The van der Waals surface area contributed by atoms with Crippen molar-refractivity contribution in [2.24, 2.45) is 0 Å². The number of aliphatic hydroxyl groups excluding tert-OH is 1. The molecule has 3 atom stereocenters. The Balaban J connectivity index is 1.75. The molecule has 8 heteroatoms. The second-order valence-electron chi connectivity index (χ2n) is 8.92. The predicted molar refractivity (Wildman–Crippen MR) is 132 cm³/mol. The highest BCUT2D eigenvalue weighted by Crippen LogP contribution is 2.42. The lowest BCUT2D eigenvalue weighted by molar-refractivity contribution is -0.137. The molecule has 0 saturated carbocycles. The molecule has 0 fully saturated rings. The molecule has 3 aromatic rings. The Labute approximate surface area is 202 Å². The van der Waals surface area contributed by atoms with Crippen LogP contribution in [0.3, 0.4) is 0 Å². The van der Waals surface area contributed by atoms with E-state index in [1.807, 2.05) is 49.4 Å². The number of nitrogens with one attached hydrogen (secondary N) is 2. The minimum atomic E-state index is -4.43. The first-order chi connectivity index (χ1) is 16.5. The number of fused-ring (bicyclic) bond motifs is 1. The van der Waals surface area contributed by atoms with E-state index in [9.17, 15) is 23.1 Å². The monoisotopic (exact) mass is 483 g/mol. The van der Waals surface area contributed by atoms with Crippen molar-refractivity contribution in [1.29, 1.82) is 0 Å². The second-order valence-corrected chi connectivity index (χ2v) is 8.92. The van der Waals surface area contributed by atoms with Crippen molar-refractivity contribution in [1.82, 2.24) is 0 Å². The zero-order valence-electron chi connectivity index (χ0n) is 19.7. The van der Waals surface area contributed by atoms with Gasteiger partial charge in [-0.05, 0) is 79.4 Å². The Bertz CT molecular complexity index is 1230. The first-order valence-corrected chi connectivity index (χ1v) is 11.5. The maximum atomic E-state index is 13.2. The lowest BCUT2D eigenvalue weighted by Crippen LogP contribution is -2.43. The molecule has 3 N–H and O–H groups in total. The average Bonchev–Trinajstić information content (AvgIpc) is 2.78. The molecule has 0 bridgehead atoms. The first kappa shape index (κ1) is 24.6. The van der Waals surface area contributed by atoms with Crippen LogP contribution in [0.15, 0.2) is 66.7 Å². The Kier molecular flexibility index (Phi) is 6.76. The molecule has 0 radical (unpaired) electrons. The van der Waals surface area contributed by atoms with Crippen LogP contribution >= 0.6 is 0 Å². The van der Waals surface area contributed by atoms with Crippen molar-refractivity contribution in [2.75, 3.05) is 15.5 Å². The van der Waals surface area contributed by atoms with Crippen LogP contribution in [-0.2, 0) is 11.0 Å². The Hall–Kier alpha value is -3.52. The lowest BCUT2D eigenvalue weighted by atomic mass is 9.88. The van der Waals surface area contributed by atoms with Gasteiger partial charge in [-0.25, -0.2) is 0 Å². The molecule has 35 heavy (non-hydrogen) atoms. The number of alkyl halides is 3. The van der Waals surface area contributed by atoms with Gasteiger partial charge in [-0.1, -0.05) is 24.3 Å². The van der Waals surface area contributed by atoms with E-state index in [-0.39, 0.29) is 18.0 Å². The summed E-state index contributed by atoms with van der Waals surface area (Å²) in [6.07, 6.45) is -4.60. The molecular formula is C27H28F3N3O2. The van der Waals surface area contributed by atoms with Gasteiger partial charge in [0.1, 0.15) is 6.23 Å². The molecule has 0 saturated heterocycles. The fraction of sp³-hybridized carbons (Fsp3) is 0.296. The van der Waals surface area contributed by atoms with Crippen molar-refractivity contribution >= 4 is 23.0 Å². The predicted octanol–water partition coefficient (Wildman–Crippen LogP) is 6.42. The number of nitrogens with zero attached hydrogens (tertiary/aromatic N) is 1. The van der Waals surface area contributed by atoms with Crippen molar-refractivity contribution < 1.29 is 23.1 Å². The van der Waals surface area contributed by atoms with Gasteiger partial charge in [0.05, 0.1) is 11.6 Å². The number of hydrogen-bond donors (Lipinski definition) is 3. The minimum absolute atomic E-state index is 0.0906. The number of hydrogen-bond acceptors (Lipinski definition) is 4. The largest absolute Gasteiger partial charge is 0.416 e. The Morgan fingerprint density at radius 3 is 2.40 bits per heavy atom. The highest BCUT2D eigenvalue weighted by Gasteiger charge is 2.34. The number of anilines is 3. The van der Waals surface area contributed by atoms with Gasteiger partial charge < -0.3 is 20.6 Å². The van der Waals surface area contributed by atoms with Gasteiger partial charge in [0.25, 0.3) is 0 Å². The van der Waals surface area contributed by atoms with Crippen molar-refractivity contribution in [3.05, 3.63) is 77.9 Å². The van der Waals surface area contributed by atoms with Crippen LogP contribution in [0, 0.1) is 0 Å². The van der Waals surface area contributed by atoms with Crippen molar-refractivity contribution in [3.63, 3.8) is 0 Å². The molecule has 1 unspecified atom stereocenters. The molecule has 1 aliphatic rings. The van der Waals surface area contributed by atoms with Gasteiger partial charge in [-0.2, -0.15) is 13.2 Å². The van der Waals surface area contributed by atoms with Gasteiger partial charge in [0.2, 0.25) is 5.91 Å². The number of carbonyl (C=O) groups is 1. The number of aliphatic hydroxyl groups is 1. The summed E-state index contributed by atoms with van der Waals surface area (Å²) in [6, 6.07) is 18.1. The standard InChI is InChI=1S/C27H28F3N3O2/c1-16-12-25(32-23-9-5-7-21(15-23)27(28,29)30)24-14-20(10-11-26(24)33(16)18(3)35)19-6-4-8-22(13-19)31-17(2)34/h4-11,13-17,25,31-32,34H,12H2,1-3H3/t16-,17?,25+/m0/s1. The van der Waals surface area contributed by atoms with Crippen molar-refractivity contribution in [3.8, 4) is 11.1 Å². The summed E-state index contributed by atoms with van der Waals surface area (Å²) in [4.78, 5) is 14.2. The second kappa shape index (κ2) is 9.62. The summed E-state index contributed by atoms with van der Waals surface area (Å²) >= 11 is 0. The van der Waals surface area contributed by atoms with Gasteiger partial charge in [-0.15, -0.1) is 0 Å². The molecule has 0 aromatic heterocycles. The number of carbonyl (C=O) groups excluding carboxylic acids is 1. The highest BCUT2D eigenvalue weighted by molar-refractivity contribution is 5.94. The fourth-order valence-corrected chi connectivity index (χ4v) is 4.68. The summed E-state index contributed by atoms with van der Waals surface area (Å²) in [5.74, 6) is -0.0906. The fourth-order valence-electron chi connectivity index (χ4n) is 4.68. The van der Waals surface area contributed by atoms with E-state index in [1.165, 1.54) is 13.0 Å². The van der Waals surface area contributed by atoms with E-state index in [4.69, 9.17) is 0 Å². The van der Waals surface area contributed by atoms with Gasteiger partial charge >= 0.3 is 6.18 Å². The van der Waals surface area contributed by atoms with Gasteiger partial charge in [-0.3, -0.25) is 4.79 Å². The van der Waals surface area contributed by atoms with E-state index >= 15 is 0 Å². The molecular weight excluding hydrogens is 455 g/mol. The van der Waals surface area contributed by atoms with Crippen molar-refractivity contribution in [2.45, 2.75) is 51.7 Å². The first-order valence-electron chi connectivity index (χ1n) is 11.5. The summed E-state index contributed by atoms with van der Waals surface area (Å²) in [5, 5.41) is 15.9. The van der Waals surface area contributed by atoms with Crippen LogP contribution in [0.5, 0.6) is 0 Å². The summed E-state index contributed by atoms with van der Waals surface area (Å²) in [7, 11) is 0. The quantitative estimate of drug-likeness (QED) is 0.367. The van der Waals surface area contributed by atoms with Gasteiger partial charge in [0, 0.05) is 30.0 Å². The van der Waals surface area contributed by atoms with E-state index < -0.39 is 18.0 Å². The normalized spacial score (nSPS) is 18.5. The molecule has 1 heterocycles. The van der Waals surface area contributed by atoms with E-state index in [0.29, 0.717) is 12.1 Å². The molecule has 0 aliphatic carbocycles. The summed E-state index contributed by atoms with van der Waals surface area (Å²) in [6.45, 7) is 5.08. The molecule has 1 aliphatic heterocycles. The van der Waals surface area contributed by atoms with E-state index in [0.717, 1.165) is 40.2 Å². The van der Waals surface area contributed by atoms with Crippen LogP contribution in [0.25, 0.3) is 11.1 Å². The van der Waals surface area contributed by atoms with Gasteiger partial charge in [0.15, 0.2) is 0 Å². The Morgan fingerprint density at radius 2 is 1.71 bits per heavy atom. The number of amides is 1. The SMILES string of the molecule is CC(=O)N1c2ccc(-c3cccc(NC(C)O)c3)cc2[C@H](Nc2cccc(C(F)(F)F)c2)C[C@@H]1C. The number of halogens is 3. The van der Waals surface area contributed by atoms with E-state index in [2.05, 4.69) is 10.6 Å². The topological polar surface area (TPSA) is 64.6 Å². The maximum absolute atomic E-state index is 13.2. The van der Waals surface area contributed by atoms with Crippen LogP contribution in [0.2, 0.25) is 0 Å². The molecule has 184 valence electrons. The zero-order chi connectivity index (χ0) is 25.3. The van der Waals surface area contributed by atoms with E-state index in [1.54, 1.807) is 17.9 Å². The number of rotatable bonds is 5. The van der Waals surface area contributed by atoms with Crippen LogP contribution in [0.4, 0.5) is 30.2 Å². The lowest BCUT2D eigenvalue weighted by Gasteiger charge is -2.40. The molecule has 3 aromatic carbocycles. The minimum Gasteiger partial charge on any atom is -0.378 e. The smallest absolute Gasteiger partial charge is 0.378 e. The Morgan fingerprint density at radius 1 is 1.03 bits per heavy atom. The summed E-state index contributed by atoms with van der Waals surface area (Å²) < 4.78 is 39.7. The van der Waals surface area contributed by atoms with Crippen LogP contribution in [0.1, 0.15) is 44.4 Å². The van der Waals surface area contributed by atoms with Crippen LogP contribution < -0.4 is 15.5 Å². The average molecular weight is 484 g/mol.